The second-order valence-electron chi connectivity index (χ2n) is 6.36. The third-order valence-electron chi connectivity index (χ3n) is 4.78. The van der Waals surface area contributed by atoms with Gasteiger partial charge in [0.2, 0.25) is 0 Å². The highest BCUT2D eigenvalue weighted by molar-refractivity contribution is 6.30. The molecule has 0 bridgehead atoms. The second-order valence-corrected chi connectivity index (χ2v) is 6.80. The molecule has 0 aliphatic rings. The van der Waals surface area contributed by atoms with Crippen LogP contribution in [-0.2, 0) is 0 Å². The largest absolute Gasteiger partial charge is 0.455 e. The van der Waals surface area contributed by atoms with Crippen LogP contribution in [0.1, 0.15) is 0 Å². The Labute approximate surface area is 156 Å². The van der Waals surface area contributed by atoms with E-state index in [1.165, 1.54) is 5.56 Å². The first-order valence-electron chi connectivity index (χ1n) is 8.56. The summed E-state index contributed by atoms with van der Waals surface area (Å²) in [6.45, 7) is 0. The number of para-hydroxylation sites is 2. The highest BCUT2D eigenvalue weighted by Crippen LogP contribution is 2.36. The Balaban J connectivity index is 1.62. The molecule has 2 heteroatoms. The number of benzene rings is 4. The maximum Gasteiger partial charge on any atom is 0.143 e. The fraction of sp³-hybridized carbons (Fsp3) is 0. The Kier molecular flexibility index (Phi) is 3.55. The molecule has 0 spiro atoms. The lowest BCUT2D eigenvalue weighted by Gasteiger charge is -2.06. The molecule has 0 fully saturated rings. The first kappa shape index (κ1) is 15.2. The van der Waals surface area contributed by atoms with Crippen molar-refractivity contribution in [1.82, 2.24) is 0 Å². The van der Waals surface area contributed by atoms with Gasteiger partial charge >= 0.3 is 0 Å². The number of furan rings is 1. The smallest absolute Gasteiger partial charge is 0.143 e. The van der Waals surface area contributed by atoms with Crippen LogP contribution in [0.4, 0.5) is 0 Å². The zero-order valence-electron chi connectivity index (χ0n) is 13.9. The number of hydrogen-bond acceptors (Lipinski definition) is 1. The van der Waals surface area contributed by atoms with Gasteiger partial charge in [0.05, 0.1) is 0 Å². The fourth-order valence-corrected chi connectivity index (χ4v) is 3.59. The molecule has 124 valence electrons. The van der Waals surface area contributed by atoms with Crippen LogP contribution in [0, 0.1) is 0 Å². The van der Waals surface area contributed by atoms with Crippen LogP contribution in [0.25, 0.3) is 44.2 Å². The molecule has 0 atom stereocenters. The van der Waals surface area contributed by atoms with Gasteiger partial charge in [0, 0.05) is 21.4 Å². The van der Waals surface area contributed by atoms with Gasteiger partial charge in [-0.2, -0.15) is 0 Å². The van der Waals surface area contributed by atoms with Crippen LogP contribution in [-0.4, -0.2) is 0 Å². The second kappa shape index (κ2) is 6.05. The third-order valence-corrected chi connectivity index (χ3v) is 5.03. The molecule has 0 radical (unpaired) electrons. The van der Waals surface area contributed by atoms with Crippen LogP contribution >= 0.6 is 11.6 Å². The van der Waals surface area contributed by atoms with Crippen molar-refractivity contribution >= 4 is 33.5 Å². The molecule has 0 saturated carbocycles. The Hall–Kier alpha value is -3.03. The summed E-state index contributed by atoms with van der Waals surface area (Å²) in [6.07, 6.45) is 0. The summed E-state index contributed by atoms with van der Waals surface area (Å²) < 4.78 is 6.15. The van der Waals surface area contributed by atoms with E-state index in [0.717, 1.165) is 43.7 Å². The highest BCUT2D eigenvalue weighted by atomic mass is 35.5. The summed E-state index contributed by atoms with van der Waals surface area (Å²) in [6, 6.07) is 31.0. The molecule has 26 heavy (non-hydrogen) atoms. The van der Waals surface area contributed by atoms with E-state index in [9.17, 15) is 0 Å². The highest BCUT2D eigenvalue weighted by Gasteiger charge is 2.11. The average molecular weight is 355 g/mol. The van der Waals surface area contributed by atoms with E-state index in [1.54, 1.807) is 0 Å². The van der Waals surface area contributed by atoms with Gasteiger partial charge in [0.25, 0.3) is 0 Å². The topological polar surface area (TPSA) is 13.1 Å². The summed E-state index contributed by atoms with van der Waals surface area (Å²) in [5.41, 5.74) is 6.44. The zero-order valence-corrected chi connectivity index (χ0v) is 14.7. The molecule has 0 saturated heterocycles. The Bertz CT molecular complexity index is 1220. The van der Waals surface area contributed by atoms with Gasteiger partial charge in [0.15, 0.2) is 0 Å². The van der Waals surface area contributed by atoms with Crippen molar-refractivity contribution < 1.29 is 4.42 Å². The molecular weight excluding hydrogens is 340 g/mol. The normalized spacial score (nSPS) is 11.3. The zero-order chi connectivity index (χ0) is 17.5. The van der Waals surface area contributed by atoms with Crippen LogP contribution < -0.4 is 0 Å². The lowest BCUT2D eigenvalue weighted by Crippen LogP contribution is -1.81. The van der Waals surface area contributed by atoms with Gasteiger partial charge < -0.3 is 4.42 Å². The molecule has 1 nitrogen and oxygen atoms in total. The van der Waals surface area contributed by atoms with Crippen molar-refractivity contribution in [2.24, 2.45) is 0 Å². The maximum atomic E-state index is 6.15. The van der Waals surface area contributed by atoms with E-state index in [1.807, 2.05) is 42.5 Å². The Morgan fingerprint density at radius 2 is 1.15 bits per heavy atom. The standard InChI is InChI=1S/C24H15ClO/c25-19-14-12-17(13-15-19)16-8-10-18(11-9-16)20-5-3-6-22-21-4-1-2-7-23(21)26-24(20)22/h1-15H. The lowest BCUT2D eigenvalue weighted by atomic mass is 9.99. The molecule has 1 heterocycles. The maximum absolute atomic E-state index is 6.15. The predicted molar refractivity (Wildman–Crippen MR) is 110 cm³/mol. The molecular formula is C24H15ClO. The summed E-state index contributed by atoms with van der Waals surface area (Å²) >= 11 is 5.98. The van der Waals surface area contributed by atoms with E-state index in [4.69, 9.17) is 16.0 Å². The van der Waals surface area contributed by atoms with Crippen molar-refractivity contribution in [3.63, 3.8) is 0 Å². The Morgan fingerprint density at radius 3 is 1.92 bits per heavy atom. The van der Waals surface area contributed by atoms with Gasteiger partial charge in [0.1, 0.15) is 11.2 Å². The summed E-state index contributed by atoms with van der Waals surface area (Å²) in [5.74, 6) is 0. The Morgan fingerprint density at radius 1 is 0.538 bits per heavy atom. The SMILES string of the molecule is Clc1ccc(-c2ccc(-c3cccc4c3oc3ccccc34)cc2)cc1. The molecule has 1 aromatic heterocycles. The van der Waals surface area contributed by atoms with E-state index in [0.29, 0.717) is 0 Å². The molecule has 0 amide bonds. The third kappa shape index (κ3) is 2.49. The predicted octanol–water partition coefficient (Wildman–Crippen LogP) is 7.57. The minimum Gasteiger partial charge on any atom is -0.455 e. The van der Waals surface area contributed by atoms with Gasteiger partial charge in [-0.1, -0.05) is 84.4 Å². The quantitative estimate of drug-likeness (QED) is 0.318. The minimum atomic E-state index is 0.752. The summed E-state index contributed by atoms with van der Waals surface area (Å²) in [7, 11) is 0. The van der Waals surface area contributed by atoms with Crippen molar-refractivity contribution in [2.45, 2.75) is 0 Å². The lowest BCUT2D eigenvalue weighted by molar-refractivity contribution is 0.670. The molecule has 5 rings (SSSR count). The van der Waals surface area contributed by atoms with E-state index in [-0.39, 0.29) is 0 Å². The fourth-order valence-electron chi connectivity index (χ4n) is 3.46. The number of rotatable bonds is 2. The number of halogens is 1. The average Bonchev–Trinajstić information content (AvgIpc) is 3.08. The number of hydrogen-bond donors (Lipinski definition) is 0. The van der Waals surface area contributed by atoms with Gasteiger partial charge in [-0.05, 0) is 34.9 Å². The van der Waals surface area contributed by atoms with Crippen LogP contribution in [0.15, 0.2) is 95.4 Å². The molecule has 4 aromatic carbocycles. The first-order chi connectivity index (χ1) is 12.8. The van der Waals surface area contributed by atoms with Crippen molar-refractivity contribution in [3.05, 3.63) is 96.0 Å². The van der Waals surface area contributed by atoms with Crippen molar-refractivity contribution in [3.8, 4) is 22.3 Å². The van der Waals surface area contributed by atoms with Crippen molar-refractivity contribution in [2.75, 3.05) is 0 Å². The summed E-state index contributed by atoms with van der Waals surface area (Å²) in [4.78, 5) is 0. The van der Waals surface area contributed by atoms with E-state index >= 15 is 0 Å². The minimum absolute atomic E-state index is 0.752. The van der Waals surface area contributed by atoms with E-state index < -0.39 is 0 Å². The van der Waals surface area contributed by atoms with Gasteiger partial charge in [-0.25, -0.2) is 0 Å². The van der Waals surface area contributed by atoms with Crippen LogP contribution in [0.2, 0.25) is 5.02 Å². The molecule has 0 aliphatic heterocycles. The molecule has 0 aliphatic carbocycles. The molecule has 0 unspecified atom stereocenters. The molecule has 5 aromatic rings. The monoisotopic (exact) mass is 354 g/mol. The first-order valence-corrected chi connectivity index (χ1v) is 8.94. The van der Waals surface area contributed by atoms with Gasteiger partial charge in [-0.15, -0.1) is 0 Å². The van der Waals surface area contributed by atoms with Crippen LogP contribution in [0.5, 0.6) is 0 Å². The van der Waals surface area contributed by atoms with Gasteiger partial charge in [-0.3, -0.25) is 0 Å². The molecule has 0 N–H and O–H groups in total. The number of fused-ring (bicyclic) bond motifs is 3. The van der Waals surface area contributed by atoms with E-state index in [2.05, 4.69) is 48.5 Å². The summed E-state index contributed by atoms with van der Waals surface area (Å²) in [5, 5.41) is 3.06. The van der Waals surface area contributed by atoms with Crippen LogP contribution in [0.3, 0.4) is 0 Å². The van der Waals surface area contributed by atoms with Crippen molar-refractivity contribution in [1.29, 1.82) is 0 Å².